The first kappa shape index (κ1) is 17.6. The highest BCUT2D eigenvalue weighted by atomic mass is 19.4. The monoisotopic (exact) mass is 345 g/mol. The van der Waals surface area contributed by atoms with Crippen LogP contribution in [0.4, 0.5) is 18.0 Å². The molecule has 0 radical (unpaired) electrons. The number of nitrogens with zero attached hydrogens (tertiary/aromatic N) is 2. The number of hydrogen-bond donors (Lipinski definition) is 3. The van der Waals surface area contributed by atoms with Crippen molar-refractivity contribution in [1.82, 2.24) is 25.9 Å². The van der Waals surface area contributed by atoms with Gasteiger partial charge in [-0.1, -0.05) is 0 Å². The van der Waals surface area contributed by atoms with Crippen LogP contribution in [-0.2, 0) is 22.2 Å². The number of aryl methyl sites for hydroxylation is 1. The molecule has 24 heavy (non-hydrogen) atoms. The highest BCUT2D eigenvalue weighted by molar-refractivity contribution is 6.05. The number of halogens is 3. The van der Waals surface area contributed by atoms with Crippen molar-refractivity contribution in [2.45, 2.75) is 32.0 Å². The molecule has 4 amide bonds. The second kappa shape index (κ2) is 6.81. The summed E-state index contributed by atoms with van der Waals surface area (Å²) in [5.74, 6) is -1.18. The summed E-state index contributed by atoms with van der Waals surface area (Å²) in [4.78, 5) is 41.2. The fourth-order valence-corrected chi connectivity index (χ4v) is 2.06. The summed E-state index contributed by atoms with van der Waals surface area (Å²) >= 11 is 0. The number of aromatic nitrogens is 2. The molecule has 0 bridgehead atoms. The minimum Gasteiger partial charge on any atom is -0.356 e. The number of imide groups is 1. The zero-order valence-electron chi connectivity index (χ0n) is 12.5. The average molecular weight is 345 g/mol. The Morgan fingerprint density at radius 1 is 1.33 bits per heavy atom. The molecule has 0 unspecified atom stereocenters. The Balaban J connectivity index is 1.86. The van der Waals surface area contributed by atoms with Crippen LogP contribution in [0.3, 0.4) is 0 Å². The number of urea groups is 1. The fraction of sp³-hybridized carbons (Fsp3) is 0.462. The van der Waals surface area contributed by atoms with Crippen LogP contribution in [-0.4, -0.2) is 40.4 Å². The molecule has 0 saturated carbocycles. The summed E-state index contributed by atoms with van der Waals surface area (Å²) in [7, 11) is 0. The van der Waals surface area contributed by atoms with Crippen LogP contribution in [0.1, 0.15) is 23.6 Å². The van der Waals surface area contributed by atoms with Crippen LogP contribution in [0.5, 0.6) is 0 Å². The van der Waals surface area contributed by atoms with Gasteiger partial charge in [0.1, 0.15) is 17.6 Å². The van der Waals surface area contributed by atoms with Crippen molar-refractivity contribution in [2.75, 3.05) is 6.54 Å². The predicted octanol–water partition coefficient (Wildman–Crippen LogP) is 0.0606. The van der Waals surface area contributed by atoms with Gasteiger partial charge >= 0.3 is 12.2 Å². The molecule has 1 fully saturated rings. The highest BCUT2D eigenvalue weighted by Crippen LogP contribution is 2.27. The van der Waals surface area contributed by atoms with Crippen molar-refractivity contribution < 1.29 is 27.6 Å². The third kappa shape index (κ3) is 4.64. The van der Waals surface area contributed by atoms with Gasteiger partial charge in [0.15, 0.2) is 0 Å². The summed E-state index contributed by atoms with van der Waals surface area (Å²) in [5, 5.41) is 6.69. The third-order valence-corrected chi connectivity index (χ3v) is 3.11. The molecule has 8 nitrogen and oxygen atoms in total. The van der Waals surface area contributed by atoms with Gasteiger partial charge in [-0.2, -0.15) is 13.2 Å². The molecule has 2 heterocycles. The maximum atomic E-state index is 12.7. The normalized spacial score (nSPS) is 17.4. The molecule has 0 aliphatic carbocycles. The van der Waals surface area contributed by atoms with Gasteiger partial charge in [0.25, 0.3) is 5.91 Å². The van der Waals surface area contributed by atoms with E-state index in [0.29, 0.717) is 0 Å². The molecule has 11 heteroatoms. The summed E-state index contributed by atoms with van der Waals surface area (Å²) in [6.45, 7) is 1.42. The molecule has 1 atom stereocenters. The van der Waals surface area contributed by atoms with Crippen molar-refractivity contribution in [3.8, 4) is 0 Å². The SMILES string of the molecule is Cc1cc(C(F)(F)F)nc(CCNC(=O)C[C@@H]2NC(=O)NC2=O)n1. The molecule has 2 rings (SSSR count). The number of nitrogens with one attached hydrogen (secondary N) is 3. The average Bonchev–Trinajstić information content (AvgIpc) is 2.75. The predicted molar refractivity (Wildman–Crippen MR) is 73.6 cm³/mol. The Hall–Kier alpha value is -2.72. The smallest absolute Gasteiger partial charge is 0.356 e. The first-order valence-corrected chi connectivity index (χ1v) is 6.95. The molecule has 1 aromatic rings. The number of amides is 4. The van der Waals surface area contributed by atoms with Crippen LogP contribution in [0, 0.1) is 6.92 Å². The van der Waals surface area contributed by atoms with E-state index in [4.69, 9.17) is 0 Å². The van der Waals surface area contributed by atoms with Crippen LogP contribution >= 0.6 is 0 Å². The molecule has 1 aliphatic heterocycles. The van der Waals surface area contributed by atoms with Gasteiger partial charge in [-0.25, -0.2) is 14.8 Å². The maximum Gasteiger partial charge on any atom is 0.433 e. The van der Waals surface area contributed by atoms with Crippen molar-refractivity contribution in [3.63, 3.8) is 0 Å². The standard InChI is InChI=1S/C13H14F3N5O3/c1-6-4-8(13(14,15)16)20-9(18-6)2-3-17-10(22)5-7-11(23)21-12(24)19-7/h4,7H,2-3,5H2,1H3,(H,17,22)(H2,19,21,23,24)/t7-/m0/s1. The van der Waals surface area contributed by atoms with Gasteiger partial charge in [0.05, 0.1) is 6.42 Å². The van der Waals surface area contributed by atoms with Crippen molar-refractivity contribution in [1.29, 1.82) is 0 Å². The number of hydrogen-bond acceptors (Lipinski definition) is 5. The van der Waals surface area contributed by atoms with E-state index in [1.54, 1.807) is 0 Å². The van der Waals surface area contributed by atoms with E-state index in [9.17, 15) is 27.6 Å². The number of carbonyl (C=O) groups excluding carboxylic acids is 3. The number of carbonyl (C=O) groups is 3. The summed E-state index contributed by atoms with van der Waals surface area (Å²) in [5.41, 5.74) is -0.870. The van der Waals surface area contributed by atoms with Crippen molar-refractivity contribution in [3.05, 3.63) is 23.3 Å². The van der Waals surface area contributed by atoms with Gasteiger partial charge in [-0.15, -0.1) is 0 Å². The third-order valence-electron chi connectivity index (χ3n) is 3.11. The molecule has 0 aromatic carbocycles. The van der Waals surface area contributed by atoms with E-state index in [2.05, 4.69) is 20.6 Å². The number of alkyl halides is 3. The summed E-state index contributed by atoms with van der Waals surface area (Å²) in [6.07, 6.45) is -4.83. The Labute approximate surface area is 134 Å². The van der Waals surface area contributed by atoms with Crippen LogP contribution in [0.25, 0.3) is 0 Å². The van der Waals surface area contributed by atoms with Crippen LogP contribution < -0.4 is 16.0 Å². The molecule has 1 aliphatic rings. The minimum absolute atomic E-state index is 0.000276. The Kier molecular flexibility index (Phi) is 5.00. The lowest BCUT2D eigenvalue weighted by Crippen LogP contribution is -2.36. The molecule has 3 N–H and O–H groups in total. The van der Waals surface area contributed by atoms with Gasteiger partial charge in [0, 0.05) is 18.7 Å². The van der Waals surface area contributed by atoms with E-state index in [1.165, 1.54) is 6.92 Å². The Morgan fingerprint density at radius 3 is 2.62 bits per heavy atom. The van der Waals surface area contributed by atoms with E-state index < -0.39 is 35.8 Å². The minimum atomic E-state index is -4.57. The molecule has 0 spiro atoms. The molecular weight excluding hydrogens is 331 g/mol. The van der Waals surface area contributed by atoms with Crippen LogP contribution in [0.15, 0.2) is 6.07 Å². The quantitative estimate of drug-likeness (QED) is 0.653. The lowest BCUT2D eigenvalue weighted by atomic mass is 10.2. The summed E-state index contributed by atoms with van der Waals surface area (Å²) in [6, 6.07) is -0.793. The second-order valence-corrected chi connectivity index (χ2v) is 5.13. The second-order valence-electron chi connectivity index (χ2n) is 5.13. The summed E-state index contributed by atoms with van der Waals surface area (Å²) < 4.78 is 38.0. The van der Waals surface area contributed by atoms with Crippen LogP contribution in [0.2, 0.25) is 0 Å². The first-order chi connectivity index (χ1) is 11.1. The van der Waals surface area contributed by atoms with Gasteiger partial charge in [0.2, 0.25) is 5.91 Å². The molecule has 130 valence electrons. The van der Waals surface area contributed by atoms with E-state index in [-0.39, 0.29) is 30.9 Å². The fourth-order valence-electron chi connectivity index (χ4n) is 2.06. The molecule has 1 aromatic heterocycles. The van der Waals surface area contributed by atoms with E-state index in [1.807, 2.05) is 5.32 Å². The lowest BCUT2D eigenvalue weighted by Gasteiger charge is -2.10. The highest BCUT2D eigenvalue weighted by Gasteiger charge is 2.33. The Morgan fingerprint density at radius 2 is 2.04 bits per heavy atom. The maximum absolute atomic E-state index is 12.7. The zero-order chi connectivity index (χ0) is 17.9. The van der Waals surface area contributed by atoms with Crippen molar-refractivity contribution >= 4 is 17.8 Å². The largest absolute Gasteiger partial charge is 0.433 e. The van der Waals surface area contributed by atoms with Crippen molar-refractivity contribution in [2.24, 2.45) is 0 Å². The topological polar surface area (TPSA) is 113 Å². The first-order valence-electron chi connectivity index (χ1n) is 6.95. The van der Waals surface area contributed by atoms with Gasteiger partial charge < -0.3 is 10.6 Å². The van der Waals surface area contributed by atoms with Gasteiger partial charge in [-0.05, 0) is 13.0 Å². The Bertz CT molecular complexity index is 677. The zero-order valence-corrected chi connectivity index (χ0v) is 12.5. The molecular formula is C13H14F3N5O3. The number of rotatable bonds is 5. The van der Waals surface area contributed by atoms with E-state index >= 15 is 0 Å². The van der Waals surface area contributed by atoms with E-state index in [0.717, 1.165) is 6.07 Å². The van der Waals surface area contributed by atoms with Gasteiger partial charge in [-0.3, -0.25) is 14.9 Å². The molecule has 1 saturated heterocycles. The lowest BCUT2D eigenvalue weighted by molar-refractivity contribution is -0.141.